The van der Waals surface area contributed by atoms with Crippen LogP contribution in [-0.4, -0.2) is 44.8 Å². The van der Waals surface area contributed by atoms with Crippen LogP contribution < -0.4 is 0 Å². The molecule has 1 aromatic carbocycles. The molecule has 6 heteroatoms. The van der Waals surface area contributed by atoms with Crippen molar-refractivity contribution in [2.45, 2.75) is 31.8 Å². The van der Waals surface area contributed by atoms with E-state index in [1.54, 1.807) is 11.8 Å². The number of aromatic amines is 1. The predicted octanol–water partition coefficient (Wildman–Crippen LogP) is 3.21. The lowest BCUT2D eigenvalue weighted by atomic mass is 10.2. The van der Waals surface area contributed by atoms with Crippen molar-refractivity contribution in [1.82, 2.24) is 20.1 Å². The molecule has 118 valence electrons. The van der Waals surface area contributed by atoms with E-state index in [0.717, 1.165) is 41.8 Å². The van der Waals surface area contributed by atoms with Crippen LogP contribution in [0.2, 0.25) is 0 Å². The van der Waals surface area contributed by atoms with Crippen molar-refractivity contribution in [3.8, 4) is 11.4 Å². The van der Waals surface area contributed by atoms with Gasteiger partial charge < -0.3 is 4.90 Å². The van der Waals surface area contributed by atoms with Crippen LogP contribution in [0, 0.1) is 0 Å². The lowest BCUT2D eigenvalue weighted by Gasteiger charge is -2.18. The maximum Gasteiger partial charge on any atom is 0.222 e. The minimum Gasteiger partial charge on any atom is -0.343 e. The summed E-state index contributed by atoms with van der Waals surface area (Å²) in [7, 11) is 0. The Balaban J connectivity index is 1.76. The number of hydrogen-bond acceptors (Lipinski definition) is 4. The van der Waals surface area contributed by atoms with Gasteiger partial charge in [-0.1, -0.05) is 42.1 Å². The fourth-order valence-corrected chi connectivity index (χ4v) is 2.89. The molecule has 5 nitrogen and oxygen atoms in total. The molecule has 1 N–H and O–H groups in total. The van der Waals surface area contributed by atoms with Gasteiger partial charge in [-0.05, 0) is 20.3 Å². The van der Waals surface area contributed by atoms with Gasteiger partial charge in [-0.2, -0.15) is 0 Å². The van der Waals surface area contributed by atoms with Gasteiger partial charge in [0, 0.05) is 30.8 Å². The lowest BCUT2D eigenvalue weighted by molar-refractivity contribution is -0.130. The normalized spacial score (nSPS) is 10.6. The smallest absolute Gasteiger partial charge is 0.222 e. The van der Waals surface area contributed by atoms with Gasteiger partial charge in [0.15, 0.2) is 5.82 Å². The minimum absolute atomic E-state index is 0.227. The maximum atomic E-state index is 11.9. The molecule has 0 atom stereocenters. The average molecular weight is 318 g/mol. The number of carbonyl (C=O) groups excluding carboxylic acids is 1. The largest absolute Gasteiger partial charge is 0.343 e. The second-order valence-corrected chi connectivity index (χ2v) is 5.91. The number of nitrogens with zero attached hydrogens (tertiary/aromatic N) is 3. The van der Waals surface area contributed by atoms with Gasteiger partial charge in [0.05, 0.1) is 0 Å². The van der Waals surface area contributed by atoms with E-state index in [9.17, 15) is 4.79 Å². The van der Waals surface area contributed by atoms with E-state index in [4.69, 9.17) is 0 Å². The van der Waals surface area contributed by atoms with Crippen molar-refractivity contribution in [1.29, 1.82) is 0 Å². The number of benzene rings is 1. The van der Waals surface area contributed by atoms with Gasteiger partial charge in [-0.15, -0.1) is 5.10 Å². The number of carbonyl (C=O) groups is 1. The summed E-state index contributed by atoms with van der Waals surface area (Å²) in [6.45, 7) is 5.58. The molecule has 0 aliphatic carbocycles. The molecule has 0 bridgehead atoms. The Morgan fingerprint density at radius 1 is 1.23 bits per heavy atom. The van der Waals surface area contributed by atoms with Gasteiger partial charge in [-0.3, -0.25) is 9.89 Å². The molecule has 0 spiro atoms. The Bertz CT molecular complexity index is 581. The molecule has 0 radical (unpaired) electrons. The number of rotatable bonds is 8. The zero-order valence-corrected chi connectivity index (χ0v) is 13.9. The summed E-state index contributed by atoms with van der Waals surface area (Å²) < 4.78 is 0. The fourth-order valence-electron chi connectivity index (χ4n) is 2.16. The summed E-state index contributed by atoms with van der Waals surface area (Å²) in [6, 6.07) is 9.92. The average Bonchev–Trinajstić information content (AvgIpc) is 3.02. The Hall–Kier alpha value is -1.82. The molecule has 0 fully saturated rings. The predicted molar refractivity (Wildman–Crippen MR) is 89.7 cm³/mol. The van der Waals surface area contributed by atoms with E-state index < -0.39 is 0 Å². The number of thioether (sulfide) groups is 1. The number of aromatic nitrogens is 3. The third kappa shape index (κ3) is 4.59. The molecule has 1 heterocycles. The van der Waals surface area contributed by atoms with E-state index >= 15 is 0 Å². The first-order valence-corrected chi connectivity index (χ1v) is 8.61. The Morgan fingerprint density at radius 3 is 2.64 bits per heavy atom. The highest BCUT2D eigenvalue weighted by Crippen LogP contribution is 2.19. The van der Waals surface area contributed by atoms with Crippen molar-refractivity contribution in [3.05, 3.63) is 30.3 Å². The molecular weight excluding hydrogens is 296 g/mol. The Kier molecular flexibility index (Phi) is 6.45. The zero-order chi connectivity index (χ0) is 15.8. The van der Waals surface area contributed by atoms with Gasteiger partial charge in [0.2, 0.25) is 11.1 Å². The SMILES string of the molecule is CCN(CC)C(=O)CCCSc1n[nH]c(-c2ccccc2)n1. The molecule has 0 unspecified atom stereocenters. The second-order valence-electron chi connectivity index (χ2n) is 4.85. The fraction of sp³-hybridized carbons (Fsp3) is 0.438. The van der Waals surface area contributed by atoms with E-state index in [2.05, 4.69) is 15.2 Å². The van der Waals surface area contributed by atoms with Crippen molar-refractivity contribution in [2.75, 3.05) is 18.8 Å². The van der Waals surface area contributed by atoms with Crippen LogP contribution >= 0.6 is 11.8 Å². The Morgan fingerprint density at radius 2 is 1.95 bits per heavy atom. The van der Waals surface area contributed by atoms with Crippen molar-refractivity contribution in [3.63, 3.8) is 0 Å². The van der Waals surface area contributed by atoms with Crippen LogP contribution in [0.5, 0.6) is 0 Å². The van der Waals surface area contributed by atoms with Gasteiger partial charge >= 0.3 is 0 Å². The van der Waals surface area contributed by atoms with Gasteiger partial charge in [-0.25, -0.2) is 4.98 Å². The van der Waals surface area contributed by atoms with Crippen LogP contribution in [0.4, 0.5) is 0 Å². The summed E-state index contributed by atoms with van der Waals surface area (Å²) in [5.41, 5.74) is 1.03. The molecule has 0 saturated carbocycles. The quantitative estimate of drug-likeness (QED) is 0.600. The first-order valence-electron chi connectivity index (χ1n) is 7.63. The summed E-state index contributed by atoms with van der Waals surface area (Å²) in [5.74, 6) is 1.85. The molecule has 1 amide bonds. The Labute approximate surface area is 135 Å². The molecule has 0 saturated heterocycles. The van der Waals surface area contributed by atoms with E-state index in [-0.39, 0.29) is 5.91 Å². The molecule has 2 rings (SSSR count). The monoisotopic (exact) mass is 318 g/mol. The summed E-state index contributed by atoms with van der Waals surface area (Å²) in [5, 5.41) is 7.89. The minimum atomic E-state index is 0.227. The first-order chi connectivity index (χ1) is 10.7. The van der Waals surface area contributed by atoms with Crippen LogP contribution in [0.25, 0.3) is 11.4 Å². The van der Waals surface area contributed by atoms with Crippen LogP contribution in [0.1, 0.15) is 26.7 Å². The molecule has 0 aliphatic heterocycles. The van der Waals surface area contributed by atoms with E-state index in [1.807, 2.05) is 49.1 Å². The number of nitrogens with one attached hydrogen (secondary N) is 1. The third-order valence-corrected chi connectivity index (χ3v) is 4.33. The first kappa shape index (κ1) is 16.5. The number of H-pyrrole nitrogens is 1. The topological polar surface area (TPSA) is 61.9 Å². The molecule has 22 heavy (non-hydrogen) atoms. The third-order valence-electron chi connectivity index (χ3n) is 3.39. The molecule has 2 aromatic rings. The highest BCUT2D eigenvalue weighted by molar-refractivity contribution is 7.99. The molecular formula is C16H22N4OS. The van der Waals surface area contributed by atoms with Crippen LogP contribution in [0.15, 0.2) is 35.5 Å². The van der Waals surface area contributed by atoms with Crippen molar-refractivity contribution >= 4 is 17.7 Å². The summed E-state index contributed by atoms with van der Waals surface area (Å²) in [4.78, 5) is 18.2. The number of hydrogen-bond donors (Lipinski definition) is 1. The van der Waals surface area contributed by atoms with Crippen LogP contribution in [0.3, 0.4) is 0 Å². The van der Waals surface area contributed by atoms with E-state index in [1.165, 1.54) is 0 Å². The van der Waals surface area contributed by atoms with Crippen molar-refractivity contribution in [2.24, 2.45) is 0 Å². The second kappa shape index (κ2) is 8.58. The standard InChI is InChI=1S/C16H22N4OS/c1-3-20(4-2)14(21)11-8-12-22-16-17-15(18-19-16)13-9-6-5-7-10-13/h5-7,9-10H,3-4,8,11-12H2,1-2H3,(H,17,18,19). The van der Waals surface area contributed by atoms with Gasteiger partial charge in [0.25, 0.3) is 0 Å². The lowest BCUT2D eigenvalue weighted by Crippen LogP contribution is -2.30. The number of amides is 1. The van der Waals surface area contributed by atoms with E-state index in [0.29, 0.717) is 6.42 Å². The molecule has 1 aromatic heterocycles. The van der Waals surface area contributed by atoms with Crippen molar-refractivity contribution < 1.29 is 4.79 Å². The van der Waals surface area contributed by atoms with Gasteiger partial charge in [0.1, 0.15) is 0 Å². The maximum absolute atomic E-state index is 11.9. The summed E-state index contributed by atoms with van der Waals surface area (Å²) in [6.07, 6.45) is 1.43. The molecule has 0 aliphatic rings. The highest BCUT2D eigenvalue weighted by Gasteiger charge is 2.10. The van der Waals surface area contributed by atoms with Crippen LogP contribution in [-0.2, 0) is 4.79 Å². The highest BCUT2D eigenvalue weighted by atomic mass is 32.2. The zero-order valence-electron chi connectivity index (χ0n) is 13.1. The summed E-state index contributed by atoms with van der Waals surface area (Å²) >= 11 is 1.58.